The highest BCUT2D eigenvalue weighted by Gasteiger charge is 2.63. The van der Waals surface area contributed by atoms with E-state index < -0.39 is 68.0 Å². The smallest absolute Gasteiger partial charge is 0.318 e. The lowest BCUT2D eigenvalue weighted by Crippen LogP contribution is -2.61. The number of hydrogen-bond acceptors (Lipinski definition) is 10. The molecule has 3 aliphatic heterocycles. The quantitative estimate of drug-likeness (QED) is 0.335. The Morgan fingerprint density at radius 3 is 2.55 bits per heavy atom. The number of benzene rings is 1. The predicted molar refractivity (Wildman–Crippen MR) is 214 cm³/mol. The minimum Gasteiger partial charge on any atom is -0.494 e. The second-order valence-electron chi connectivity index (χ2n) is 17.2. The molecule has 0 radical (unpaired) electrons. The van der Waals surface area contributed by atoms with Gasteiger partial charge in [0.05, 0.1) is 18.4 Å². The lowest BCUT2D eigenvalue weighted by molar-refractivity contribution is -0.142. The summed E-state index contributed by atoms with van der Waals surface area (Å²) in [5.41, 5.74) is -1.56. The van der Waals surface area contributed by atoms with Crippen molar-refractivity contribution in [1.82, 2.24) is 35.0 Å². The highest BCUT2D eigenvalue weighted by atomic mass is 32.2. The minimum atomic E-state index is -4.02. The molecule has 3 N–H and O–H groups in total. The van der Waals surface area contributed by atoms with Crippen LogP contribution in [0, 0.1) is 23.6 Å². The van der Waals surface area contributed by atoms with Crippen molar-refractivity contribution in [3.05, 3.63) is 42.4 Å². The first-order valence-corrected chi connectivity index (χ1v) is 21.9. The van der Waals surface area contributed by atoms with Crippen LogP contribution in [0.3, 0.4) is 0 Å². The van der Waals surface area contributed by atoms with Crippen LogP contribution < -0.4 is 24.8 Å². The van der Waals surface area contributed by atoms with Gasteiger partial charge in [-0.15, -0.1) is 0 Å². The fourth-order valence-corrected chi connectivity index (χ4v) is 9.92. The van der Waals surface area contributed by atoms with E-state index in [-0.39, 0.29) is 48.9 Å². The maximum atomic E-state index is 15.1. The first-order chi connectivity index (χ1) is 27.6. The topological polar surface area (TPSA) is 180 Å². The number of methoxy groups -OCH3 is 1. The summed E-state index contributed by atoms with van der Waals surface area (Å²) in [4.78, 5) is 67.2. The van der Waals surface area contributed by atoms with Gasteiger partial charge >= 0.3 is 6.03 Å². The molecule has 15 nitrogen and oxygen atoms in total. The number of aromatic nitrogens is 1. The molecule has 17 heteroatoms. The molecule has 4 fully saturated rings. The summed E-state index contributed by atoms with van der Waals surface area (Å²) < 4.78 is 54.2. The third-order valence-corrected chi connectivity index (χ3v) is 15.1. The third-order valence-electron chi connectivity index (χ3n) is 13.0. The third kappa shape index (κ3) is 8.34. The number of nitrogens with zero attached hydrogens (tertiary/aromatic N) is 4. The Morgan fingerprint density at radius 1 is 1.12 bits per heavy atom. The Balaban J connectivity index is 1.23. The van der Waals surface area contributed by atoms with E-state index in [2.05, 4.69) is 32.2 Å². The summed E-state index contributed by atoms with van der Waals surface area (Å²) in [6, 6.07) is 1.98. The molecule has 2 aliphatic carbocycles. The maximum absolute atomic E-state index is 15.1. The number of sulfonamides is 1. The molecule has 2 saturated carbocycles. The van der Waals surface area contributed by atoms with Gasteiger partial charge in [0, 0.05) is 50.1 Å². The molecule has 7 rings (SSSR count). The van der Waals surface area contributed by atoms with Crippen LogP contribution in [0.5, 0.6) is 11.6 Å². The number of likely N-dealkylation sites (N-methyl/N-ethyl adjacent to an activating group) is 1. The number of piperazine rings is 1. The van der Waals surface area contributed by atoms with Crippen molar-refractivity contribution in [3.8, 4) is 11.6 Å². The van der Waals surface area contributed by atoms with E-state index in [9.17, 15) is 27.2 Å². The standard InChI is InChI=1S/C41H56FN7O8S/c1-6-26-19-25(2)9-7-8-10-28-23-41(28,38(52)46-58(54,55)40(3)12-13-40)45-35(50)32-21-29(57-36-30-22-31(42)33(56-5)20-27(30)11-14-43-36)24-49(32)37(51)34(26)44-39(53)48-17-15-47(4)16-18-48/h8,10-11,14,20,22,25-26,28-29,32,34H,6-7,9,12-13,15-19,21,23-24H2,1-5H3,(H,44,53)(H,45,50)(H,46,52)/b10-8-/t25-,26-,28-,29-,32+,34+,41-/m1/s1. The van der Waals surface area contributed by atoms with Gasteiger partial charge in [-0.25, -0.2) is 22.6 Å². The van der Waals surface area contributed by atoms with Crippen molar-refractivity contribution in [2.75, 3.05) is 46.9 Å². The van der Waals surface area contributed by atoms with Gasteiger partial charge in [0.1, 0.15) is 23.7 Å². The molecule has 0 spiro atoms. The average Bonchev–Trinajstić information content (AvgIpc) is 4.07. The fraction of sp³-hybridized carbons (Fsp3) is 0.634. The largest absolute Gasteiger partial charge is 0.494 e. The van der Waals surface area contributed by atoms with E-state index in [1.165, 1.54) is 30.3 Å². The molecule has 5 amide bonds. The number of ether oxygens (including phenoxy) is 2. The molecule has 4 heterocycles. The number of allylic oxidation sites excluding steroid dienone is 1. The zero-order chi connectivity index (χ0) is 41.6. The molecule has 58 heavy (non-hydrogen) atoms. The molecule has 1 aromatic carbocycles. The Labute approximate surface area is 339 Å². The monoisotopic (exact) mass is 825 g/mol. The Kier molecular flexibility index (Phi) is 11.7. The van der Waals surface area contributed by atoms with Gasteiger partial charge in [-0.05, 0) is 87.9 Å². The molecule has 7 atom stereocenters. The number of rotatable bonds is 8. The molecule has 0 bridgehead atoms. The van der Waals surface area contributed by atoms with E-state index >= 15 is 4.79 Å². The van der Waals surface area contributed by atoms with E-state index in [0.717, 1.165) is 6.42 Å². The predicted octanol–water partition coefficient (Wildman–Crippen LogP) is 3.33. The zero-order valence-electron chi connectivity index (χ0n) is 34.0. The normalized spacial score (nSPS) is 30.9. The highest BCUT2D eigenvalue weighted by molar-refractivity contribution is 7.91. The molecular weight excluding hydrogens is 770 g/mol. The molecule has 2 saturated heterocycles. The minimum absolute atomic E-state index is 0.0187. The van der Waals surface area contributed by atoms with Crippen LogP contribution in [0.2, 0.25) is 0 Å². The van der Waals surface area contributed by atoms with Crippen LogP contribution in [0.4, 0.5) is 9.18 Å². The first kappa shape index (κ1) is 41.6. The Bertz CT molecular complexity index is 2070. The lowest BCUT2D eigenvalue weighted by atomic mass is 9.85. The summed E-state index contributed by atoms with van der Waals surface area (Å²) in [6.45, 7) is 7.99. The summed E-state index contributed by atoms with van der Waals surface area (Å²) in [5, 5.41) is 6.96. The van der Waals surface area contributed by atoms with Crippen LogP contribution in [0.1, 0.15) is 72.1 Å². The molecule has 0 unspecified atom stereocenters. The van der Waals surface area contributed by atoms with E-state index in [1.807, 2.05) is 26.1 Å². The van der Waals surface area contributed by atoms with Crippen LogP contribution in [-0.2, 0) is 24.4 Å². The second-order valence-corrected chi connectivity index (χ2v) is 19.4. The van der Waals surface area contributed by atoms with E-state index in [4.69, 9.17) is 9.47 Å². The van der Waals surface area contributed by atoms with Crippen LogP contribution in [-0.4, -0.2) is 127 Å². The van der Waals surface area contributed by atoms with Gasteiger partial charge < -0.3 is 34.8 Å². The van der Waals surface area contributed by atoms with Crippen LogP contribution >= 0.6 is 0 Å². The average molecular weight is 826 g/mol. The lowest BCUT2D eigenvalue weighted by Gasteiger charge is -2.37. The fourth-order valence-electron chi connectivity index (χ4n) is 8.60. The number of carbonyl (C=O) groups excluding carboxylic acids is 4. The van der Waals surface area contributed by atoms with Gasteiger partial charge in [0.2, 0.25) is 27.7 Å². The summed E-state index contributed by atoms with van der Waals surface area (Å²) >= 11 is 0. The van der Waals surface area contributed by atoms with Crippen molar-refractivity contribution < 1.29 is 41.5 Å². The maximum Gasteiger partial charge on any atom is 0.318 e. The Hall–Kier alpha value is -4.51. The number of amides is 5. The molecular formula is C41H56FN7O8S. The van der Waals surface area contributed by atoms with Crippen LogP contribution in [0.15, 0.2) is 36.5 Å². The number of urea groups is 1. The van der Waals surface area contributed by atoms with E-state index in [0.29, 0.717) is 69.1 Å². The van der Waals surface area contributed by atoms with Gasteiger partial charge in [0.15, 0.2) is 11.6 Å². The van der Waals surface area contributed by atoms with Gasteiger partial charge in [-0.2, -0.15) is 0 Å². The van der Waals surface area contributed by atoms with Crippen molar-refractivity contribution in [3.63, 3.8) is 0 Å². The summed E-state index contributed by atoms with van der Waals surface area (Å²) in [5.74, 6) is -2.97. The molecule has 1 aromatic heterocycles. The second kappa shape index (κ2) is 16.3. The van der Waals surface area contributed by atoms with Crippen molar-refractivity contribution in [1.29, 1.82) is 0 Å². The molecule has 316 valence electrons. The number of halogens is 1. The van der Waals surface area contributed by atoms with Crippen molar-refractivity contribution in [2.45, 2.75) is 101 Å². The highest BCUT2D eigenvalue weighted by Crippen LogP contribution is 2.47. The van der Waals surface area contributed by atoms with Gasteiger partial charge in [-0.1, -0.05) is 32.4 Å². The number of pyridine rings is 1. The van der Waals surface area contributed by atoms with Gasteiger partial charge in [0.25, 0.3) is 5.91 Å². The summed E-state index contributed by atoms with van der Waals surface area (Å²) in [7, 11) is -0.660. The van der Waals surface area contributed by atoms with Crippen LogP contribution in [0.25, 0.3) is 10.8 Å². The number of fused-ring (bicyclic) bond motifs is 3. The SMILES string of the molecule is CC[C@@H]1C[C@H](C)CC/C=C\[C@@H]2C[C@@]2(C(=O)NS(=O)(=O)C2(C)CC2)NC(=O)[C@@H]2C[C@@H](Oc3nccc4cc(OC)c(F)cc34)CN2C(=O)[C@H]1NC(=O)N1CCN(C)CC1. The number of nitrogens with one attached hydrogen (secondary N) is 3. The summed E-state index contributed by atoms with van der Waals surface area (Å²) in [6.07, 6.45) is 8.23. The Morgan fingerprint density at radius 2 is 1.86 bits per heavy atom. The van der Waals surface area contributed by atoms with Gasteiger partial charge in [-0.3, -0.25) is 19.1 Å². The first-order valence-electron chi connectivity index (χ1n) is 20.5. The number of carbonyl (C=O) groups is 4. The molecule has 2 aromatic rings. The van der Waals surface area contributed by atoms with Crippen molar-refractivity contribution in [2.24, 2.45) is 17.8 Å². The van der Waals surface area contributed by atoms with E-state index in [1.54, 1.807) is 17.9 Å². The molecule has 5 aliphatic rings. The zero-order valence-corrected chi connectivity index (χ0v) is 34.8. The van der Waals surface area contributed by atoms with Crippen molar-refractivity contribution >= 4 is 44.5 Å². The number of hydrogen-bond donors (Lipinski definition) is 3.